The van der Waals surface area contributed by atoms with E-state index in [1.807, 2.05) is 0 Å². The van der Waals surface area contributed by atoms with Crippen LogP contribution in [0.2, 0.25) is 5.02 Å². The Morgan fingerprint density at radius 2 is 2.05 bits per heavy atom. The van der Waals surface area contributed by atoms with Crippen molar-refractivity contribution in [2.75, 3.05) is 32.6 Å². The molecule has 0 aliphatic carbocycles. The molecule has 1 aromatic rings. The zero-order chi connectivity index (χ0) is 14.3. The van der Waals surface area contributed by atoms with E-state index in [-0.39, 0.29) is 12.5 Å². The number of anilines is 1. The Morgan fingerprint density at radius 1 is 1.37 bits per heavy atom. The maximum atomic E-state index is 11.7. The number of methoxy groups -OCH3 is 2. The summed E-state index contributed by atoms with van der Waals surface area (Å²) >= 11 is 5.97. The Hall–Kier alpha value is -1.90. The molecule has 0 aromatic heterocycles. The first-order chi connectivity index (χ1) is 9.12. The van der Waals surface area contributed by atoms with Gasteiger partial charge in [0.05, 0.1) is 38.0 Å². The van der Waals surface area contributed by atoms with Gasteiger partial charge in [0.25, 0.3) is 0 Å². The minimum absolute atomic E-state index is 0.109. The van der Waals surface area contributed by atoms with Crippen molar-refractivity contribution in [1.29, 1.82) is 0 Å². The van der Waals surface area contributed by atoms with E-state index in [0.717, 1.165) is 0 Å². The van der Waals surface area contributed by atoms with Gasteiger partial charge in [0.1, 0.15) is 11.5 Å². The maximum Gasteiger partial charge on any atom is 0.238 e. The third-order valence-corrected chi connectivity index (χ3v) is 2.56. The molecule has 0 heterocycles. The SMILES string of the molecule is C#CCNCC(=O)Nc1cc(OC)c(Cl)cc1OC. The fourth-order valence-corrected chi connectivity index (χ4v) is 1.63. The van der Waals surface area contributed by atoms with Gasteiger partial charge >= 0.3 is 0 Å². The van der Waals surface area contributed by atoms with Gasteiger partial charge < -0.3 is 14.8 Å². The minimum Gasteiger partial charge on any atom is -0.495 e. The van der Waals surface area contributed by atoms with Gasteiger partial charge in [-0.1, -0.05) is 17.5 Å². The number of hydrogen-bond donors (Lipinski definition) is 2. The molecule has 0 fully saturated rings. The van der Waals surface area contributed by atoms with Crippen molar-refractivity contribution in [2.45, 2.75) is 0 Å². The Kier molecular flexibility index (Phi) is 6.00. The maximum absolute atomic E-state index is 11.7. The summed E-state index contributed by atoms with van der Waals surface area (Å²) in [5.74, 6) is 3.05. The van der Waals surface area contributed by atoms with Crippen LogP contribution in [0.5, 0.6) is 11.5 Å². The van der Waals surface area contributed by atoms with Crippen LogP contribution in [-0.2, 0) is 4.79 Å². The first kappa shape index (κ1) is 15.2. The molecule has 1 aromatic carbocycles. The lowest BCUT2D eigenvalue weighted by Crippen LogP contribution is -2.28. The Bertz CT molecular complexity index is 497. The molecule has 0 radical (unpaired) electrons. The monoisotopic (exact) mass is 282 g/mol. The second-order valence-electron chi connectivity index (χ2n) is 3.54. The molecule has 0 saturated carbocycles. The van der Waals surface area contributed by atoms with Crippen molar-refractivity contribution < 1.29 is 14.3 Å². The quantitative estimate of drug-likeness (QED) is 0.613. The summed E-state index contributed by atoms with van der Waals surface area (Å²) in [6, 6.07) is 3.17. The van der Waals surface area contributed by atoms with Gasteiger partial charge in [0.2, 0.25) is 5.91 Å². The minimum atomic E-state index is -0.238. The molecule has 0 aliphatic heterocycles. The molecule has 0 atom stereocenters. The van der Waals surface area contributed by atoms with Gasteiger partial charge in [0, 0.05) is 12.1 Å². The predicted molar refractivity (Wildman–Crippen MR) is 74.9 cm³/mol. The number of hydrogen-bond acceptors (Lipinski definition) is 4. The molecule has 6 heteroatoms. The molecular formula is C13H15ClN2O3. The number of amides is 1. The molecule has 0 aliphatic rings. The average Bonchev–Trinajstić information content (AvgIpc) is 2.40. The summed E-state index contributed by atoms with van der Waals surface area (Å²) in [5, 5.41) is 5.88. The highest BCUT2D eigenvalue weighted by atomic mass is 35.5. The van der Waals surface area contributed by atoms with Gasteiger partial charge in [-0.25, -0.2) is 0 Å². The zero-order valence-corrected chi connectivity index (χ0v) is 11.5. The van der Waals surface area contributed by atoms with E-state index < -0.39 is 0 Å². The standard InChI is InChI=1S/C13H15ClN2O3/c1-4-5-15-8-13(17)16-10-7-11(18-2)9(14)6-12(10)19-3/h1,6-7,15H,5,8H2,2-3H3,(H,16,17). The van der Waals surface area contributed by atoms with E-state index >= 15 is 0 Å². The number of ether oxygens (including phenoxy) is 2. The van der Waals surface area contributed by atoms with Crippen molar-refractivity contribution in [1.82, 2.24) is 5.32 Å². The van der Waals surface area contributed by atoms with Crippen LogP contribution in [0.25, 0.3) is 0 Å². The summed E-state index contributed by atoms with van der Waals surface area (Å²) < 4.78 is 10.2. The van der Waals surface area contributed by atoms with E-state index in [9.17, 15) is 4.79 Å². The fraction of sp³-hybridized carbons (Fsp3) is 0.308. The van der Waals surface area contributed by atoms with Gasteiger partial charge in [-0.3, -0.25) is 10.1 Å². The van der Waals surface area contributed by atoms with Crippen molar-refractivity contribution in [3.05, 3.63) is 17.2 Å². The van der Waals surface area contributed by atoms with E-state index in [0.29, 0.717) is 28.8 Å². The first-order valence-electron chi connectivity index (χ1n) is 5.48. The number of benzene rings is 1. The average molecular weight is 283 g/mol. The van der Waals surface area contributed by atoms with Crippen LogP contribution in [0.15, 0.2) is 12.1 Å². The highest BCUT2D eigenvalue weighted by Gasteiger charge is 2.12. The molecule has 1 amide bonds. The zero-order valence-electron chi connectivity index (χ0n) is 10.7. The van der Waals surface area contributed by atoms with Crippen LogP contribution in [0.3, 0.4) is 0 Å². The highest BCUT2D eigenvalue weighted by molar-refractivity contribution is 6.32. The van der Waals surface area contributed by atoms with Crippen molar-refractivity contribution in [3.63, 3.8) is 0 Å². The summed E-state index contributed by atoms with van der Waals surface area (Å²) in [6.45, 7) is 0.437. The van der Waals surface area contributed by atoms with Crippen LogP contribution >= 0.6 is 11.6 Å². The van der Waals surface area contributed by atoms with Crippen molar-refractivity contribution in [2.24, 2.45) is 0 Å². The Balaban J connectivity index is 2.81. The largest absolute Gasteiger partial charge is 0.495 e. The molecule has 0 saturated heterocycles. The van der Waals surface area contributed by atoms with Gasteiger partial charge in [-0.2, -0.15) is 0 Å². The molecule has 102 valence electrons. The lowest BCUT2D eigenvalue weighted by molar-refractivity contribution is -0.115. The van der Waals surface area contributed by atoms with E-state index in [1.165, 1.54) is 14.2 Å². The molecule has 0 spiro atoms. The second-order valence-corrected chi connectivity index (χ2v) is 3.95. The third-order valence-electron chi connectivity index (χ3n) is 2.26. The third kappa shape index (κ3) is 4.36. The number of nitrogens with one attached hydrogen (secondary N) is 2. The number of carbonyl (C=O) groups is 1. The Labute approximate surface area is 117 Å². The molecule has 19 heavy (non-hydrogen) atoms. The van der Waals surface area contributed by atoms with Crippen molar-refractivity contribution >= 4 is 23.2 Å². The normalized spacial score (nSPS) is 9.58. The lowest BCUT2D eigenvalue weighted by Gasteiger charge is -2.13. The van der Waals surface area contributed by atoms with Crippen LogP contribution in [0.4, 0.5) is 5.69 Å². The van der Waals surface area contributed by atoms with Crippen LogP contribution in [0.1, 0.15) is 0 Å². The van der Waals surface area contributed by atoms with E-state index in [2.05, 4.69) is 16.6 Å². The topological polar surface area (TPSA) is 59.6 Å². The molecule has 5 nitrogen and oxygen atoms in total. The lowest BCUT2D eigenvalue weighted by atomic mass is 10.2. The first-order valence-corrected chi connectivity index (χ1v) is 5.85. The Morgan fingerprint density at radius 3 is 2.63 bits per heavy atom. The summed E-state index contributed by atoms with van der Waals surface area (Å²) in [7, 11) is 2.98. The molecular weight excluding hydrogens is 268 g/mol. The van der Waals surface area contributed by atoms with Crippen LogP contribution < -0.4 is 20.1 Å². The number of rotatable bonds is 6. The van der Waals surface area contributed by atoms with Gasteiger partial charge in [0.15, 0.2) is 0 Å². The highest BCUT2D eigenvalue weighted by Crippen LogP contribution is 2.35. The number of terminal acetylenes is 1. The van der Waals surface area contributed by atoms with Crippen LogP contribution in [0, 0.1) is 12.3 Å². The second kappa shape index (κ2) is 7.52. The summed E-state index contributed by atoms with van der Waals surface area (Å²) in [5.41, 5.74) is 0.483. The van der Waals surface area contributed by atoms with E-state index in [1.54, 1.807) is 12.1 Å². The molecule has 1 rings (SSSR count). The molecule has 0 bridgehead atoms. The predicted octanol–water partition coefficient (Wildman–Crippen LogP) is 1.52. The van der Waals surface area contributed by atoms with Crippen molar-refractivity contribution in [3.8, 4) is 23.8 Å². The number of carbonyl (C=O) groups excluding carboxylic acids is 1. The summed E-state index contributed by atoms with van der Waals surface area (Å²) in [4.78, 5) is 11.7. The van der Waals surface area contributed by atoms with Gasteiger partial charge in [-0.15, -0.1) is 6.42 Å². The van der Waals surface area contributed by atoms with Crippen LogP contribution in [-0.4, -0.2) is 33.2 Å². The summed E-state index contributed by atoms with van der Waals surface area (Å²) in [6.07, 6.45) is 5.07. The molecule has 0 unspecified atom stereocenters. The molecule has 2 N–H and O–H groups in total. The van der Waals surface area contributed by atoms with Gasteiger partial charge in [-0.05, 0) is 0 Å². The number of halogens is 1. The smallest absolute Gasteiger partial charge is 0.238 e. The van der Waals surface area contributed by atoms with E-state index in [4.69, 9.17) is 27.5 Å². The fourth-order valence-electron chi connectivity index (χ4n) is 1.40.